The highest BCUT2D eigenvalue weighted by Gasteiger charge is 2.27. The first-order valence-corrected chi connectivity index (χ1v) is 7.56. The van der Waals surface area contributed by atoms with E-state index in [4.69, 9.17) is 5.73 Å². The number of fused-ring (bicyclic) bond motifs is 1. The van der Waals surface area contributed by atoms with E-state index in [0.29, 0.717) is 19.0 Å². The quantitative estimate of drug-likeness (QED) is 0.843. The number of hydrogen-bond donors (Lipinski definition) is 2. The van der Waals surface area contributed by atoms with E-state index < -0.39 is 0 Å². The Balaban J connectivity index is 1.60. The van der Waals surface area contributed by atoms with Crippen molar-refractivity contribution in [2.24, 2.45) is 5.73 Å². The molecular weight excluding hydrogens is 250 g/mol. The molecule has 3 N–H and O–H groups in total. The molecule has 1 aliphatic carbocycles. The molecule has 1 aromatic carbocycles. The number of carbonyl (C=O) groups is 1. The minimum absolute atomic E-state index is 0.154. The van der Waals surface area contributed by atoms with Crippen molar-refractivity contribution in [2.75, 3.05) is 13.1 Å². The molecule has 20 heavy (non-hydrogen) atoms. The molecule has 0 aromatic heterocycles. The van der Waals surface area contributed by atoms with Crippen LogP contribution < -0.4 is 11.1 Å². The predicted molar refractivity (Wildman–Crippen MR) is 79.2 cm³/mol. The molecule has 0 radical (unpaired) electrons. The summed E-state index contributed by atoms with van der Waals surface area (Å²) in [6.07, 6.45) is 3.85. The van der Waals surface area contributed by atoms with Gasteiger partial charge in [0, 0.05) is 38.1 Å². The number of carbonyl (C=O) groups excluding carboxylic acids is 1. The van der Waals surface area contributed by atoms with Gasteiger partial charge in [0.05, 0.1) is 0 Å². The lowest BCUT2D eigenvalue weighted by atomic mass is 9.98. The molecule has 2 aliphatic rings. The van der Waals surface area contributed by atoms with Crippen LogP contribution in [0.2, 0.25) is 0 Å². The molecule has 0 bridgehead atoms. The number of nitrogens with one attached hydrogen (secondary N) is 1. The van der Waals surface area contributed by atoms with Crippen LogP contribution in [0.15, 0.2) is 24.3 Å². The molecule has 1 fully saturated rings. The van der Waals surface area contributed by atoms with Crippen molar-refractivity contribution in [3.05, 3.63) is 35.4 Å². The summed E-state index contributed by atoms with van der Waals surface area (Å²) in [4.78, 5) is 14.3. The Morgan fingerprint density at radius 3 is 2.80 bits per heavy atom. The minimum atomic E-state index is 0.154. The van der Waals surface area contributed by atoms with Gasteiger partial charge in [0.1, 0.15) is 0 Å². The van der Waals surface area contributed by atoms with E-state index in [1.807, 2.05) is 0 Å². The van der Waals surface area contributed by atoms with E-state index in [1.165, 1.54) is 11.1 Å². The van der Waals surface area contributed by atoms with Gasteiger partial charge in [-0.1, -0.05) is 24.3 Å². The van der Waals surface area contributed by atoms with Gasteiger partial charge >= 0.3 is 0 Å². The fraction of sp³-hybridized carbons (Fsp3) is 0.562. The van der Waals surface area contributed by atoms with Crippen LogP contribution in [0, 0.1) is 0 Å². The van der Waals surface area contributed by atoms with Gasteiger partial charge in [-0.3, -0.25) is 9.69 Å². The molecule has 1 atom stereocenters. The van der Waals surface area contributed by atoms with Crippen molar-refractivity contribution in [2.45, 2.75) is 44.3 Å². The predicted octanol–water partition coefficient (Wildman–Crippen LogP) is 1.04. The van der Waals surface area contributed by atoms with Crippen LogP contribution in [0.4, 0.5) is 0 Å². The van der Waals surface area contributed by atoms with Gasteiger partial charge in [0.25, 0.3) is 0 Å². The third kappa shape index (κ3) is 3.19. The van der Waals surface area contributed by atoms with Gasteiger partial charge in [0.2, 0.25) is 5.91 Å². The van der Waals surface area contributed by atoms with E-state index in [-0.39, 0.29) is 11.9 Å². The number of amides is 1. The highest BCUT2D eigenvalue weighted by molar-refractivity contribution is 5.77. The van der Waals surface area contributed by atoms with Crippen LogP contribution in [0.1, 0.15) is 30.4 Å². The van der Waals surface area contributed by atoms with Gasteiger partial charge in [-0.15, -0.1) is 0 Å². The molecule has 3 rings (SSSR count). The maximum atomic E-state index is 12.0. The summed E-state index contributed by atoms with van der Waals surface area (Å²) in [7, 11) is 0. The standard InChI is InChI=1S/C16H23N3O/c17-10-15(9-16(20)18-14-5-6-14)19-8-7-12-3-1-2-4-13(12)11-19/h1-4,14-15H,5-11,17H2,(H,18,20). The first kappa shape index (κ1) is 13.6. The van der Waals surface area contributed by atoms with Crippen molar-refractivity contribution in [3.8, 4) is 0 Å². The van der Waals surface area contributed by atoms with Crippen molar-refractivity contribution in [1.82, 2.24) is 10.2 Å². The second kappa shape index (κ2) is 5.94. The zero-order valence-electron chi connectivity index (χ0n) is 11.8. The highest BCUT2D eigenvalue weighted by atomic mass is 16.1. The Hall–Kier alpha value is -1.39. The molecule has 4 heteroatoms. The number of nitrogens with two attached hydrogens (primary N) is 1. The third-order valence-electron chi connectivity index (χ3n) is 4.31. The Bertz CT molecular complexity index is 484. The van der Waals surface area contributed by atoms with Crippen molar-refractivity contribution < 1.29 is 4.79 Å². The Morgan fingerprint density at radius 1 is 1.35 bits per heavy atom. The monoisotopic (exact) mass is 273 g/mol. The second-order valence-corrected chi connectivity index (χ2v) is 5.92. The summed E-state index contributed by atoms with van der Waals surface area (Å²) in [5.41, 5.74) is 8.70. The molecule has 1 heterocycles. The normalized spacial score (nSPS) is 20.2. The summed E-state index contributed by atoms with van der Waals surface area (Å²) in [5, 5.41) is 3.06. The van der Waals surface area contributed by atoms with Gasteiger partial charge in [-0.2, -0.15) is 0 Å². The van der Waals surface area contributed by atoms with Crippen LogP contribution in [0.25, 0.3) is 0 Å². The van der Waals surface area contributed by atoms with Gasteiger partial charge in [-0.25, -0.2) is 0 Å². The topological polar surface area (TPSA) is 58.4 Å². The van der Waals surface area contributed by atoms with Gasteiger partial charge < -0.3 is 11.1 Å². The van der Waals surface area contributed by atoms with Crippen LogP contribution in [0.3, 0.4) is 0 Å². The average molecular weight is 273 g/mol. The number of rotatable bonds is 5. The summed E-state index contributed by atoms with van der Waals surface area (Å²) in [5.74, 6) is 0.154. The van der Waals surface area contributed by atoms with E-state index >= 15 is 0 Å². The Kier molecular flexibility index (Phi) is 4.03. The maximum Gasteiger partial charge on any atom is 0.221 e. The lowest BCUT2D eigenvalue weighted by Gasteiger charge is -2.34. The van der Waals surface area contributed by atoms with Crippen LogP contribution in [-0.4, -0.2) is 36.0 Å². The first-order chi connectivity index (χ1) is 9.76. The van der Waals surface area contributed by atoms with Crippen LogP contribution >= 0.6 is 0 Å². The molecule has 108 valence electrons. The lowest BCUT2D eigenvalue weighted by molar-refractivity contribution is -0.122. The number of hydrogen-bond acceptors (Lipinski definition) is 3. The second-order valence-electron chi connectivity index (χ2n) is 5.92. The zero-order chi connectivity index (χ0) is 13.9. The summed E-state index contributed by atoms with van der Waals surface area (Å²) in [6, 6.07) is 9.14. The van der Waals surface area contributed by atoms with E-state index in [2.05, 4.69) is 34.5 Å². The van der Waals surface area contributed by atoms with Crippen molar-refractivity contribution in [3.63, 3.8) is 0 Å². The molecule has 1 amide bonds. The number of nitrogens with zero attached hydrogens (tertiary/aromatic N) is 1. The van der Waals surface area contributed by atoms with E-state index in [9.17, 15) is 4.79 Å². The highest BCUT2D eigenvalue weighted by Crippen LogP contribution is 2.22. The molecule has 1 aromatic rings. The van der Waals surface area contributed by atoms with Gasteiger partial charge in [0.15, 0.2) is 0 Å². The first-order valence-electron chi connectivity index (χ1n) is 7.56. The lowest BCUT2D eigenvalue weighted by Crippen LogP contribution is -2.46. The zero-order valence-corrected chi connectivity index (χ0v) is 11.8. The fourth-order valence-electron chi connectivity index (χ4n) is 2.92. The summed E-state index contributed by atoms with van der Waals surface area (Å²) < 4.78 is 0. The molecule has 1 saturated carbocycles. The minimum Gasteiger partial charge on any atom is -0.353 e. The van der Waals surface area contributed by atoms with Gasteiger partial charge in [-0.05, 0) is 30.4 Å². The SMILES string of the molecule is NCC(CC(=O)NC1CC1)N1CCc2ccccc2C1. The van der Waals surface area contributed by atoms with Crippen LogP contribution in [0.5, 0.6) is 0 Å². The molecule has 4 nitrogen and oxygen atoms in total. The molecule has 1 aliphatic heterocycles. The maximum absolute atomic E-state index is 12.0. The molecule has 0 spiro atoms. The van der Waals surface area contributed by atoms with Crippen LogP contribution in [-0.2, 0) is 17.8 Å². The van der Waals surface area contributed by atoms with Crippen molar-refractivity contribution >= 4 is 5.91 Å². The summed E-state index contributed by atoms with van der Waals surface area (Å²) in [6.45, 7) is 2.45. The Morgan fingerprint density at radius 2 is 2.10 bits per heavy atom. The van der Waals surface area contributed by atoms with E-state index in [1.54, 1.807) is 0 Å². The third-order valence-corrected chi connectivity index (χ3v) is 4.31. The molecule has 1 unspecified atom stereocenters. The smallest absolute Gasteiger partial charge is 0.221 e. The van der Waals surface area contributed by atoms with Crippen molar-refractivity contribution in [1.29, 1.82) is 0 Å². The molecular formula is C16H23N3O. The largest absolute Gasteiger partial charge is 0.353 e. The number of benzene rings is 1. The average Bonchev–Trinajstić information content (AvgIpc) is 3.28. The Labute approximate surface area is 120 Å². The van der Waals surface area contributed by atoms with E-state index in [0.717, 1.165) is 32.4 Å². The molecule has 0 saturated heterocycles. The fourth-order valence-corrected chi connectivity index (χ4v) is 2.92. The summed E-state index contributed by atoms with van der Waals surface area (Å²) >= 11 is 0.